The van der Waals surface area contributed by atoms with E-state index < -0.39 is 5.60 Å². The third-order valence-corrected chi connectivity index (χ3v) is 9.32. The molecule has 3 rings (SSSR count). The van der Waals surface area contributed by atoms with Crippen LogP contribution in [0.3, 0.4) is 0 Å². The van der Waals surface area contributed by atoms with Crippen LogP contribution in [0.5, 0.6) is 0 Å². The minimum atomic E-state index is -0.474. The van der Waals surface area contributed by atoms with Gasteiger partial charge in [-0.15, -0.1) is 0 Å². The van der Waals surface area contributed by atoms with E-state index in [1.807, 2.05) is 0 Å². The molecule has 0 aromatic heterocycles. The molecule has 5 atom stereocenters. The Morgan fingerprint density at radius 3 is 2.69 bits per heavy atom. The molecule has 2 fully saturated rings. The maximum Gasteiger partial charge on any atom is 0.0642 e. The zero-order chi connectivity index (χ0) is 23.5. The van der Waals surface area contributed by atoms with Gasteiger partial charge in [-0.1, -0.05) is 77.0 Å². The number of aliphatic hydroxyl groups is 2. The Balaban J connectivity index is 1.68. The number of hydrogen-bond acceptors (Lipinski definition) is 2. The molecule has 32 heavy (non-hydrogen) atoms. The van der Waals surface area contributed by atoms with Crippen LogP contribution in [-0.2, 0) is 0 Å². The normalized spacial score (nSPS) is 34.7. The monoisotopic (exact) mass is 440 g/mol. The SMILES string of the molecule is C=C1/C(=C\C=C2/CCCC3(C)C(C(C)CCCC(O)(CC)CC)=CCC23)CC(O)CC1C. The quantitative estimate of drug-likeness (QED) is 0.380. The zero-order valence-electron chi connectivity index (χ0n) is 21.4. The third kappa shape index (κ3) is 5.33. The van der Waals surface area contributed by atoms with E-state index in [4.69, 9.17) is 0 Å². The highest BCUT2D eigenvalue weighted by Crippen LogP contribution is 2.57. The standard InChI is InChI=1S/C30H48O2/c1-7-30(32,8-2)18-9-11-21(3)27-15-16-28-24(12-10-17-29(27,28)6)13-14-25-20-26(31)19-22(4)23(25)5/h13-15,21-22,26,28,31-32H,5,7-12,16-20H2,1-4,6H3/b24-13+,25-14-. The van der Waals surface area contributed by atoms with Gasteiger partial charge in [-0.25, -0.2) is 0 Å². The van der Waals surface area contributed by atoms with Gasteiger partial charge >= 0.3 is 0 Å². The van der Waals surface area contributed by atoms with Crippen molar-refractivity contribution in [2.45, 2.75) is 117 Å². The van der Waals surface area contributed by atoms with Crippen LogP contribution in [0.15, 0.2) is 47.1 Å². The summed E-state index contributed by atoms with van der Waals surface area (Å²) in [7, 11) is 0. The lowest BCUT2D eigenvalue weighted by Crippen LogP contribution is -2.32. The summed E-state index contributed by atoms with van der Waals surface area (Å²) in [6.07, 6.45) is 18.4. The van der Waals surface area contributed by atoms with Crippen molar-refractivity contribution in [2.75, 3.05) is 0 Å². The minimum absolute atomic E-state index is 0.226. The Hall–Kier alpha value is -1.12. The molecule has 2 saturated carbocycles. The topological polar surface area (TPSA) is 40.5 Å². The first kappa shape index (κ1) is 25.5. The molecule has 0 aromatic rings. The van der Waals surface area contributed by atoms with Crippen LogP contribution in [0.1, 0.15) is 105 Å². The van der Waals surface area contributed by atoms with Gasteiger partial charge in [0.05, 0.1) is 11.7 Å². The highest BCUT2D eigenvalue weighted by molar-refractivity contribution is 5.39. The van der Waals surface area contributed by atoms with Gasteiger partial charge in [0.25, 0.3) is 0 Å². The number of rotatable bonds is 8. The van der Waals surface area contributed by atoms with Crippen LogP contribution < -0.4 is 0 Å². The zero-order valence-corrected chi connectivity index (χ0v) is 21.4. The Labute approximate surface area is 197 Å². The second kappa shape index (κ2) is 10.4. The van der Waals surface area contributed by atoms with E-state index in [1.54, 1.807) is 11.1 Å². The molecule has 0 bridgehead atoms. The summed E-state index contributed by atoms with van der Waals surface area (Å²) in [5, 5.41) is 20.9. The molecule has 0 radical (unpaired) electrons. The lowest BCUT2D eigenvalue weighted by molar-refractivity contribution is 0.0204. The first-order valence-electron chi connectivity index (χ1n) is 13.3. The lowest BCUT2D eigenvalue weighted by atomic mass is 9.62. The summed E-state index contributed by atoms with van der Waals surface area (Å²) in [5.41, 5.74) is 5.53. The van der Waals surface area contributed by atoms with Gasteiger partial charge in [0.2, 0.25) is 0 Å². The van der Waals surface area contributed by atoms with Crippen LogP contribution >= 0.6 is 0 Å². The molecule has 3 aliphatic rings. The van der Waals surface area contributed by atoms with Crippen molar-refractivity contribution in [1.29, 1.82) is 0 Å². The fourth-order valence-electron chi connectivity index (χ4n) is 6.83. The molecular weight excluding hydrogens is 392 g/mol. The summed E-state index contributed by atoms with van der Waals surface area (Å²) in [4.78, 5) is 0. The van der Waals surface area contributed by atoms with Crippen LogP contribution in [0, 0.1) is 23.2 Å². The molecule has 2 heteroatoms. The molecule has 0 aromatic carbocycles. The van der Waals surface area contributed by atoms with Crippen LogP contribution in [0.2, 0.25) is 0 Å². The smallest absolute Gasteiger partial charge is 0.0642 e. The summed E-state index contributed by atoms with van der Waals surface area (Å²) in [5.74, 6) is 1.58. The van der Waals surface area contributed by atoms with E-state index in [0.29, 0.717) is 17.8 Å². The van der Waals surface area contributed by atoms with E-state index in [2.05, 4.69) is 59.4 Å². The molecule has 180 valence electrons. The third-order valence-electron chi connectivity index (χ3n) is 9.32. The van der Waals surface area contributed by atoms with E-state index in [0.717, 1.165) is 38.5 Å². The average molecular weight is 441 g/mol. The molecule has 5 unspecified atom stereocenters. The average Bonchev–Trinajstić information content (AvgIpc) is 3.12. The van der Waals surface area contributed by atoms with Crippen molar-refractivity contribution >= 4 is 0 Å². The second-order valence-electron chi connectivity index (χ2n) is 11.4. The number of hydrogen-bond donors (Lipinski definition) is 2. The molecule has 0 heterocycles. The number of aliphatic hydroxyl groups excluding tert-OH is 1. The van der Waals surface area contributed by atoms with Crippen LogP contribution in [0.4, 0.5) is 0 Å². The van der Waals surface area contributed by atoms with Gasteiger partial charge in [-0.3, -0.25) is 0 Å². The first-order chi connectivity index (χ1) is 15.1. The van der Waals surface area contributed by atoms with Crippen LogP contribution in [-0.4, -0.2) is 21.9 Å². The van der Waals surface area contributed by atoms with Crippen molar-refractivity contribution in [3.05, 3.63) is 47.1 Å². The summed E-state index contributed by atoms with van der Waals surface area (Å²) >= 11 is 0. The molecule has 2 nitrogen and oxygen atoms in total. The molecule has 0 spiro atoms. The Bertz CT molecular complexity index is 766. The van der Waals surface area contributed by atoms with Gasteiger partial charge in [0.1, 0.15) is 0 Å². The second-order valence-corrected chi connectivity index (χ2v) is 11.4. The Morgan fingerprint density at radius 1 is 1.28 bits per heavy atom. The number of fused-ring (bicyclic) bond motifs is 1. The highest BCUT2D eigenvalue weighted by Gasteiger charge is 2.45. The van der Waals surface area contributed by atoms with E-state index in [-0.39, 0.29) is 11.5 Å². The fraction of sp³-hybridized carbons (Fsp3) is 0.733. The summed E-state index contributed by atoms with van der Waals surface area (Å²) < 4.78 is 0. The molecule has 0 aliphatic heterocycles. The first-order valence-corrected chi connectivity index (χ1v) is 13.3. The minimum Gasteiger partial charge on any atom is -0.393 e. The Kier molecular flexibility index (Phi) is 8.31. The maximum atomic E-state index is 10.6. The molecule has 0 amide bonds. The predicted molar refractivity (Wildman–Crippen MR) is 136 cm³/mol. The Morgan fingerprint density at radius 2 is 2.00 bits per heavy atom. The molecular formula is C30H48O2. The van der Waals surface area contributed by atoms with Crippen molar-refractivity contribution < 1.29 is 10.2 Å². The molecule has 2 N–H and O–H groups in total. The van der Waals surface area contributed by atoms with Gasteiger partial charge in [-0.05, 0) is 98.5 Å². The highest BCUT2D eigenvalue weighted by atomic mass is 16.3. The van der Waals surface area contributed by atoms with Gasteiger partial charge in [-0.2, -0.15) is 0 Å². The predicted octanol–water partition coefficient (Wildman–Crippen LogP) is 7.68. The summed E-state index contributed by atoms with van der Waals surface area (Å²) in [6.45, 7) is 15.6. The van der Waals surface area contributed by atoms with Gasteiger partial charge in [0, 0.05) is 0 Å². The van der Waals surface area contributed by atoms with Gasteiger partial charge < -0.3 is 10.2 Å². The van der Waals surface area contributed by atoms with Crippen molar-refractivity contribution in [2.24, 2.45) is 23.2 Å². The summed E-state index contributed by atoms with van der Waals surface area (Å²) in [6, 6.07) is 0. The van der Waals surface area contributed by atoms with Gasteiger partial charge in [0.15, 0.2) is 0 Å². The van der Waals surface area contributed by atoms with E-state index >= 15 is 0 Å². The molecule has 3 aliphatic carbocycles. The number of allylic oxidation sites excluding steroid dienone is 6. The van der Waals surface area contributed by atoms with Crippen LogP contribution in [0.25, 0.3) is 0 Å². The van der Waals surface area contributed by atoms with E-state index in [9.17, 15) is 10.2 Å². The van der Waals surface area contributed by atoms with Crippen molar-refractivity contribution in [3.63, 3.8) is 0 Å². The van der Waals surface area contributed by atoms with E-state index in [1.165, 1.54) is 43.3 Å². The fourth-order valence-corrected chi connectivity index (χ4v) is 6.83. The molecule has 0 saturated heterocycles. The lowest BCUT2D eigenvalue weighted by Gasteiger charge is -2.42. The maximum absolute atomic E-state index is 10.6. The largest absolute Gasteiger partial charge is 0.393 e. The van der Waals surface area contributed by atoms with Crippen molar-refractivity contribution in [3.8, 4) is 0 Å². The van der Waals surface area contributed by atoms with Crippen molar-refractivity contribution in [1.82, 2.24) is 0 Å².